The first-order valence-electron chi connectivity index (χ1n) is 4.51. The van der Waals surface area contributed by atoms with E-state index in [1.165, 1.54) is 6.07 Å². The van der Waals surface area contributed by atoms with Gasteiger partial charge in [0.15, 0.2) is 0 Å². The van der Waals surface area contributed by atoms with Gasteiger partial charge in [0.2, 0.25) is 0 Å². The zero-order valence-corrected chi connectivity index (χ0v) is 8.59. The van der Waals surface area contributed by atoms with Crippen LogP contribution in [0.2, 0.25) is 0 Å². The highest BCUT2D eigenvalue weighted by Crippen LogP contribution is 2.27. The molecule has 0 amide bonds. The van der Waals surface area contributed by atoms with Crippen molar-refractivity contribution < 1.29 is 9.18 Å². The van der Waals surface area contributed by atoms with Crippen LogP contribution in [0.25, 0.3) is 5.70 Å². The SMILES string of the molecule is O=CC1(Cl)C=C(c2ccccc2F)NC1. The van der Waals surface area contributed by atoms with Crippen LogP contribution < -0.4 is 5.32 Å². The van der Waals surface area contributed by atoms with E-state index < -0.39 is 4.87 Å². The third-order valence-electron chi connectivity index (χ3n) is 2.29. The molecular formula is C11H9ClFNO. The minimum Gasteiger partial charge on any atom is -0.382 e. The highest BCUT2D eigenvalue weighted by molar-refractivity contribution is 6.34. The van der Waals surface area contributed by atoms with Gasteiger partial charge >= 0.3 is 0 Å². The molecular weight excluding hydrogens is 217 g/mol. The van der Waals surface area contributed by atoms with Gasteiger partial charge in [0, 0.05) is 17.8 Å². The Morgan fingerprint density at radius 1 is 1.47 bits per heavy atom. The highest BCUT2D eigenvalue weighted by Gasteiger charge is 2.31. The summed E-state index contributed by atoms with van der Waals surface area (Å²) in [6.07, 6.45) is 2.19. The van der Waals surface area contributed by atoms with Gasteiger partial charge in [0.05, 0.1) is 0 Å². The summed E-state index contributed by atoms with van der Waals surface area (Å²) in [7, 11) is 0. The van der Waals surface area contributed by atoms with Gasteiger partial charge in [0.1, 0.15) is 17.0 Å². The molecule has 1 heterocycles. The fourth-order valence-electron chi connectivity index (χ4n) is 1.50. The molecule has 0 bridgehead atoms. The number of carbonyl (C=O) groups is 1. The van der Waals surface area contributed by atoms with E-state index >= 15 is 0 Å². The first-order chi connectivity index (χ1) is 7.14. The maximum absolute atomic E-state index is 13.4. The lowest BCUT2D eigenvalue weighted by Crippen LogP contribution is -2.26. The second-order valence-electron chi connectivity index (χ2n) is 3.44. The van der Waals surface area contributed by atoms with Crippen LogP contribution in [0, 0.1) is 5.82 Å². The van der Waals surface area contributed by atoms with Gasteiger partial charge < -0.3 is 10.1 Å². The largest absolute Gasteiger partial charge is 0.382 e. The molecule has 0 spiro atoms. The molecule has 1 aliphatic rings. The Balaban J connectivity index is 2.39. The smallest absolute Gasteiger partial charge is 0.146 e. The van der Waals surface area contributed by atoms with E-state index in [9.17, 15) is 9.18 Å². The molecule has 4 heteroatoms. The van der Waals surface area contributed by atoms with Crippen molar-refractivity contribution in [3.8, 4) is 0 Å². The van der Waals surface area contributed by atoms with Crippen molar-refractivity contribution in [1.29, 1.82) is 0 Å². The van der Waals surface area contributed by atoms with E-state index in [2.05, 4.69) is 5.32 Å². The Kier molecular flexibility index (Phi) is 2.49. The number of nitrogens with one attached hydrogen (secondary N) is 1. The highest BCUT2D eigenvalue weighted by atomic mass is 35.5. The fraction of sp³-hybridized carbons (Fsp3) is 0.182. The number of benzene rings is 1. The molecule has 0 fully saturated rings. The molecule has 1 aromatic carbocycles. The molecule has 0 saturated carbocycles. The Hall–Kier alpha value is -1.35. The average molecular weight is 226 g/mol. The van der Waals surface area contributed by atoms with Gasteiger partial charge in [-0.15, -0.1) is 11.6 Å². The quantitative estimate of drug-likeness (QED) is 0.616. The van der Waals surface area contributed by atoms with Gasteiger partial charge in [-0.3, -0.25) is 0 Å². The Labute approximate surface area is 91.7 Å². The predicted molar refractivity (Wildman–Crippen MR) is 57.0 cm³/mol. The van der Waals surface area contributed by atoms with E-state index in [0.717, 1.165) is 0 Å². The lowest BCUT2D eigenvalue weighted by atomic mass is 10.1. The second kappa shape index (κ2) is 3.66. The number of aldehydes is 1. The van der Waals surface area contributed by atoms with E-state index in [1.807, 2.05) is 0 Å². The van der Waals surface area contributed by atoms with Crippen LogP contribution in [0.5, 0.6) is 0 Å². The van der Waals surface area contributed by atoms with Crippen LogP contribution in [0.1, 0.15) is 5.56 Å². The zero-order valence-electron chi connectivity index (χ0n) is 7.84. The number of hydrogen-bond acceptors (Lipinski definition) is 2. The van der Waals surface area contributed by atoms with Crippen molar-refractivity contribution in [3.05, 3.63) is 41.7 Å². The maximum Gasteiger partial charge on any atom is 0.146 e. The van der Waals surface area contributed by atoms with E-state index in [4.69, 9.17) is 11.6 Å². The van der Waals surface area contributed by atoms with Crippen molar-refractivity contribution in [3.63, 3.8) is 0 Å². The standard InChI is InChI=1S/C11H9ClFNO/c12-11(7-15)5-10(14-6-11)8-3-1-2-4-9(8)13/h1-5,7,14H,6H2. The number of rotatable bonds is 2. The topological polar surface area (TPSA) is 29.1 Å². The third kappa shape index (κ3) is 1.88. The predicted octanol–water partition coefficient (Wildman–Crippen LogP) is 1.95. The first-order valence-corrected chi connectivity index (χ1v) is 4.89. The minimum absolute atomic E-state index is 0.293. The molecule has 2 rings (SSSR count). The molecule has 2 nitrogen and oxygen atoms in total. The molecule has 0 aliphatic carbocycles. The molecule has 0 radical (unpaired) electrons. The van der Waals surface area contributed by atoms with Crippen molar-refractivity contribution >= 4 is 23.6 Å². The number of hydrogen-bond donors (Lipinski definition) is 1. The normalized spacial score (nSPS) is 24.5. The molecule has 1 N–H and O–H groups in total. The molecule has 1 aromatic rings. The van der Waals surface area contributed by atoms with Crippen molar-refractivity contribution in [2.45, 2.75) is 4.87 Å². The van der Waals surface area contributed by atoms with Gasteiger partial charge in [0.25, 0.3) is 0 Å². The van der Waals surface area contributed by atoms with E-state index in [1.54, 1.807) is 24.3 Å². The summed E-state index contributed by atoms with van der Waals surface area (Å²) in [5.74, 6) is -0.330. The average Bonchev–Trinajstić information content (AvgIpc) is 2.63. The zero-order chi connectivity index (χ0) is 10.9. The molecule has 1 atom stereocenters. The van der Waals surface area contributed by atoms with Gasteiger partial charge in [-0.2, -0.15) is 0 Å². The van der Waals surface area contributed by atoms with E-state index in [0.29, 0.717) is 24.1 Å². The molecule has 0 saturated heterocycles. The summed E-state index contributed by atoms with van der Waals surface area (Å²) in [5, 5.41) is 2.91. The summed E-state index contributed by atoms with van der Waals surface area (Å²) in [4.78, 5) is 9.64. The molecule has 1 unspecified atom stereocenters. The minimum atomic E-state index is -1.04. The second-order valence-corrected chi connectivity index (χ2v) is 4.14. The van der Waals surface area contributed by atoms with Gasteiger partial charge in [-0.25, -0.2) is 4.39 Å². The Morgan fingerprint density at radius 3 is 2.80 bits per heavy atom. The Morgan fingerprint density at radius 2 is 2.20 bits per heavy atom. The van der Waals surface area contributed by atoms with Crippen LogP contribution in [0.4, 0.5) is 4.39 Å². The summed E-state index contributed by atoms with van der Waals surface area (Å²) < 4.78 is 13.4. The lowest BCUT2D eigenvalue weighted by molar-refractivity contribution is -0.108. The lowest BCUT2D eigenvalue weighted by Gasteiger charge is -2.06. The van der Waals surface area contributed by atoms with Crippen molar-refractivity contribution in [2.24, 2.45) is 0 Å². The third-order valence-corrected chi connectivity index (χ3v) is 2.63. The van der Waals surface area contributed by atoms with E-state index in [-0.39, 0.29) is 5.82 Å². The van der Waals surface area contributed by atoms with Crippen LogP contribution in [-0.4, -0.2) is 17.7 Å². The van der Waals surface area contributed by atoms with Crippen LogP contribution in [0.15, 0.2) is 30.3 Å². The van der Waals surface area contributed by atoms with Crippen LogP contribution in [0.3, 0.4) is 0 Å². The van der Waals surface area contributed by atoms with Crippen molar-refractivity contribution in [2.75, 3.05) is 6.54 Å². The monoisotopic (exact) mass is 225 g/mol. The van der Waals surface area contributed by atoms with Crippen molar-refractivity contribution in [1.82, 2.24) is 5.32 Å². The van der Waals surface area contributed by atoms with Gasteiger partial charge in [-0.1, -0.05) is 12.1 Å². The molecule has 15 heavy (non-hydrogen) atoms. The Bertz CT molecular complexity index is 432. The number of halogens is 2. The molecule has 0 aromatic heterocycles. The summed E-state index contributed by atoms with van der Waals surface area (Å²) in [5.41, 5.74) is 0.997. The summed E-state index contributed by atoms with van der Waals surface area (Å²) in [6.45, 7) is 0.293. The molecule has 1 aliphatic heterocycles. The van der Waals surface area contributed by atoms with Gasteiger partial charge in [-0.05, 0) is 18.2 Å². The van der Waals surface area contributed by atoms with Crippen LogP contribution >= 0.6 is 11.6 Å². The molecule has 78 valence electrons. The number of carbonyl (C=O) groups excluding carboxylic acids is 1. The number of alkyl halides is 1. The van der Waals surface area contributed by atoms with Crippen LogP contribution in [-0.2, 0) is 4.79 Å². The fourth-order valence-corrected chi connectivity index (χ4v) is 1.68. The summed E-state index contributed by atoms with van der Waals surface area (Å²) in [6, 6.07) is 6.35. The summed E-state index contributed by atoms with van der Waals surface area (Å²) >= 11 is 5.92. The first kappa shape index (κ1) is 10.2. The maximum atomic E-state index is 13.4.